The van der Waals surface area contributed by atoms with Crippen molar-refractivity contribution in [3.8, 4) is 0 Å². The second-order valence-electron chi connectivity index (χ2n) is 4.65. The summed E-state index contributed by atoms with van der Waals surface area (Å²) in [6.45, 7) is 3.46. The number of nitrogens with zero attached hydrogens (tertiary/aromatic N) is 1. The quantitative estimate of drug-likeness (QED) is 0.825. The molecule has 2 N–H and O–H groups in total. The molecule has 1 unspecified atom stereocenters. The van der Waals surface area contributed by atoms with Gasteiger partial charge >= 0.3 is 0 Å². The number of ether oxygens (including phenoxy) is 1. The molecule has 2 heterocycles. The lowest BCUT2D eigenvalue weighted by Crippen LogP contribution is -2.40. The van der Waals surface area contributed by atoms with E-state index in [-0.39, 0.29) is 17.5 Å². The Labute approximate surface area is 113 Å². The second-order valence-corrected chi connectivity index (χ2v) is 6.36. The zero-order valence-electron chi connectivity index (χ0n) is 11.0. The van der Waals surface area contributed by atoms with Crippen molar-refractivity contribution in [3.05, 3.63) is 18.0 Å². The van der Waals surface area contributed by atoms with E-state index in [2.05, 4.69) is 4.72 Å². The molecule has 0 radical (unpaired) electrons. The van der Waals surface area contributed by atoms with Crippen LogP contribution in [0.1, 0.15) is 25.5 Å². The lowest BCUT2D eigenvalue weighted by molar-refractivity contribution is 0.0774. The summed E-state index contributed by atoms with van der Waals surface area (Å²) < 4.78 is 34.1. The Morgan fingerprint density at radius 1 is 1.58 bits per heavy atom. The van der Waals surface area contributed by atoms with Crippen LogP contribution in [-0.2, 0) is 27.9 Å². The van der Waals surface area contributed by atoms with Gasteiger partial charge < -0.3 is 14.4 Å². The molecular weight excluding hydrogens is 268 g/mol. The van der Waals surface area contributed by atoms with Crippen LogP contribution >= 0.6 is 0 Å². The Balaban J connectivity index is 2.16. The average Bonchev–Trinajstić information content (AvgIpc) is 2.83. The monoisotopic (exact) mass is 288 g/mol. The number of rotatable bonds is 5. The Morgan fingerprint density at radius 3 is 2.89 bits per heavy atom. The summed E-state index contributed by atoms with van der Waals surface area (Å²) in [5.41, 5.74) is 0.600. The number of aromatic nitrogens is 1. The van der Waals surface area contributed by atoms with Gasteiger partial charge in [0.2, 0.25) is 10.0 Å². The Morgan fingerprint density at radius 2 is 2.37 bits per heavy atom. The smallest absolute Gasteiger partial charge is 0.242 e. The van der Waals surface area contributed by atoms with E-state index in [1.807, 2.05) is 6.92 Å². The minimum atomic E-state index is -3.54. The lowest BCUT2D eigenvalue weighted by Gasteiger charge is -2.22. The van der Waals surface area contributed by atoms with Crippen LogP contribution in [0.25, 0.3) is 0 Å². The highest BCUT2D eigenvalue weighted by molar-refractivity contribution is 7.89. The summed E-state index contributed by atoms with van der Waals surface area (Å²) in [4.78, 5) is 0.198. The van der Waals surface area contributed by atoms with Gasteiger partial charge in [-0.3, -0.25) is 0 Å². The number of sulfonamides is 1. The molecular formula is C12H20N2O4S. The maximum absolute atomic E-state index is 12.2. The number of hydrogen-bond donors (Lipinski definition) is 2. The second kappa shape index (κ2) is 6.04. The van der Waals surface area contributed by atoms with E-state index in [4.69, 9.17) is 4.74 Å². The molecule has 0 bridgehead atoms. The van der Waals surface area contributed by atoms with Crippen LogP contribution in [0.5, 0.6) is 0 Å². The summed E-state index contributed by atoms with van der Waals surface area (Å²) in [6.07, 6.45) is 3.21. The highest BCUT2D eigenvalue weighted by Gasteiger charge is 2.23. The maximum Gasteiger partial charge on any atom is 0.242 e. The molecule has 1 aromatic rings. The first-order valence-corrected chi connectivity index (χ1v) is 7.95. The maximum atomic E-state index is 12.2. The van der Waals surface area contributed by atoms with Crippen LogP contribution in [0.2, 0.25) is 0 Å². The predicted octanol–water partition coefficient (Wildman–Crippen LogP) is 0.458. The van der Waals surface area contributed by atoms with E-state index in [1.165, 1.54) is 6.07 Å². The molecule has 1 fully saturated rings. The number of aliphatic hydroxyl groups excluding tert-OH is 1. The molecule has 6 nitrogen and oxygen atoms in total. The van der Waals surface area contributed by atoms with Crippen molar-refractivity contribution in [2.24, 2.45) is 0 Å². The van der Waals surface area contributed by atoms with Gasteiger partial charge in [-0.15, -0.1) is 0 Å². The molecule has 0 aromatic carbocycles. The molecule has 7 heteroatoms. The summed E-state index contributed by atoms with van der Waals surface area (Å²) in [7, 11) is -3.54. The number of nitrogens with one attached hydrogen (secondary N) is 1. The molecule has 1 aliphatic rings. The Bertz CT molecular complexity index is 496. The van der Waals surface area contributed by atoms with E-state index in [0.29, 0.717) is 25.5 Å². The van der Waals surface area contributed by atoms with Crippen LogP contribution in [0, 0.1) is 0 Å². The molecule has 1 aliphatic heterocycles. The molecule has 1 aromatic heterocycles. The zero-order valence-corrected chi connectivity index (χ0v) is 11.8. The Kier molecular flexibility index (Phi) is 4.62. The fourth-order valence-electron chi connectivity index (χ4n) is 2.22. The van der Waals surface area contributed by atoms with Gasteiger partial charge in [-0.1, -0.05) is 0 Å². The number of aliphatic hydroxyl groups is 1. The third kappa shape index (κ3) is 3.36. The van der Waals surface area contributed by atoms with Gasteiger partial charge in [0, 0.05) is 31.1 Å². The highest BCUT2D eigenvalue weighted by Crippen LogP contribution is 2.16. The third-order valence-electron chi connectivity index (χ3n) is 3.26. The number of aryl methyl sites for hydroxylation is 1. The van der Waals surface area contributed by atoms with Crippen LogP contribution in [0.15, 0.2) is 17.2 Å². The first kappa shape index (κ1) is 14.5. The van der Waals surface area contributed by atoms with Gasteiger partial charge in [-0.05, 0) is 25.8 Å². The molecule has 19 heavy (non-hydrogen) atoms. The fourth-order valence-corrected chi connectivity index (χ4v) is 3.54. The molecule has 0 saturated carbocycles. The highest BCUT2D eigenvalue weighted by atomic mass is 32.2. The first-order valence-electron chi connectivity index (χ1n) is 6.47. The van der Waals surface area contributed by atoms with E-state index >= 15 is 0 Å². The standard InChI is InChI=1S/C12H20N2O4S/c1-2-14-7-12(6-11(14)8-15)19(16,17)13-10-4-3-5-18-9-10/h6-7,10,13,15H,2-5,8-9H2,1H3. The summed E-state index contributed by atoms with van der Waals surface area (Å²) in [5.74, 6) is 0. The third-order valence-corrected chi connectivity index (χ3v) is 4.74. The molecule has 0 aliphatic carbocycles. The van der Waals surface area contributed by atoms with Gasteiger partial charge in [0.05, 0.1) is 18.1 Å². The summed E-state index contributed by atoms with van der Waals surface area (Å²) in [6, 6.07) is 1.34. The van der Waals surface area contributed by atoms with E-state index in [9.17, 15) is 13.5 Å². The fraction of sp³-hybridized carbons (Fsp3) is 0.667. The van der Waals surface area contributed by atoms with Gasteiger partial charge in [0.25, 0.3) is 0 Å². The van der Waals surface area contributed by atoms with Crippen molar-refractivity contribution in [2.45, 2.75) is 43.9 Å². The van der Waals surface area contributed by atoms with Crippen molar-refractivity contribution < 1.29 is 18.3 Å². The van der Waals surface area contributed by atoms with Crippen molar-refractivity contribution in [1.29, 1.82) is 0 Å². The molecule has 2 rings (SSSR count). The van der Waals surface area contributed by atoms with Crippen molar-refractivity contribution in [2.75, 3.05) is 13.2 Å². The van der Waals surface area contributed by atoms with E-state index in [0.717, 1.165) is 12.8 Å². The first-order chi connectivity index (χ1) is 9.06. The Hall–Kier alpha value is -0.890. The molecule has 0 amide bonds. The minimum Gasteiger partial charge on any atom is -0.390 e. The zero-order chi connectivity index (χ0) is 13.9. The largest absolute Gasteiger partial charge is 0.390 e. The van der Waals surface area contributed by atoms with Crippen LogP contribution in [0.3, 0.4) is 0 Å². The predicted molar refractivity (Wildman–Crippen MR) is 70.2 cm³/mol. The van der Waals surface area contributed by atoms with Crippen molar-refractivity contribution in [1.82, 2.24) is 9.29 Å². The lowest BCUT2D eigenvalue weighted by atomic mass is 10.1. The van der Waals surface area contributed by atoms with Crippen LogP contribution < -0.4 is 4.72 Å². The summed E-state index contributed by atoms with van der Waals surface area (Å²) in [5, 5.41) is 9.19. The van der Waals surface area contributed by atoms with Gasteiger partial charge in [-0.2, -0.15) is 0 Å². The molecule has 108 valence electrons. The van der Waals surface area contributed by atoms with Crippen LogP contribution in [0.4, 0.5) is 0 Å². The molecule has 1 atom stereocenters. The number of hydrogen-bond acceptors (Lipinski definition) is 4. The molecule has 1 saturated heterocycles. The minimum absolute atomic E-state index is 0.165. The van der Waals surface area contributed by atoms with E-state index in [1.54, 1.807) is 10.8 Å². The van der Waals surface area contributed by atoms with Gasteiger partial charge in [-0.25, -0.2) is 13.1 Å². The SMILES string of the molecule is CCn1cc(S(=O)(=O)NC2CCCOC2)cc1CO. The van der Waals surface area contributed by atoms with Crippen molar-refractivity contribution in [3.63, 3.8) is 0 Å². The van der Waals surface area contributed by atoms with Crippen molar-refractivity contribution >= 4 is 10.0 Å². The molecule has 0 spiro atoms. The van der Waals surface area contributed by atoms with Gasteiger partial charge in [0.15, 0.2) is 0 Å². The van der Waals surface area contributed by atoms with Crippen LogP contribution in [-0.4, -0.2) is 37.3 Å². The normalized spacial score (nSPS) is 20.6. The van der Waals surface area contributed by atoms with E-state index < -0.39 is 10.0 Å². The van der Waals surface area contributed by atoms with Gasteiger partial charge in [0.1, 0.15) is 0 Å². The average molecular weight is 288 g/mol. The topological polar surface area (TPSA) is 80.6 Å². The summed E-state index contributed by atoms with van der Waals surface area (Å²) >= 11 is 0.